The molecule has 0 bridgehead atoms. The normalized spacial score (nSPS) is 17.5. The van der Waals surface area contributed by atoms with Crippen LogP contribution in [0.2, 0.25) is 5.15 Å². The molecule has 0 spiro atoms. The van der Waals surface area contributed by atoms with Crippen molar-refractivity contribution >= 4 is 23.5 Å². The van der Waals surface area contributed by atoms with E-state index in [1.807, 2.05) is 18.2 Å². The molecule has 1 saturated heterocycles. The third-order valence-corrected chi connectivity index (χ3v) is 4.73. The third kappa shape index (κ3) is 3.43. The van der Waals surface area contributed by atoms with Crippen molar-refractivity contribution in [3.8, 4) is 11.4 Å². The predicted molar refractivity (Wildman–Crippen MR) is 97.6 cm³/mol. The highest BCUT2D eigenvalue weighted by Crippen LogP contribution is 2.26. The summed E-state index contributed by atoms with van der Waals surface area (Å²) < 4.78 is 0. The number of carbonyl (C=O) groups is 1. The second kappa shape index (κ2) is 7.21. The Hall–Kier alpha value is -2.80. The molecule has 7 nitrogen and oxygen atoms in total. The Balaban J connectivity index is 1.51. The number of aromatic amines is 1. The van der Waals surface area contributed by atoms with E-state index in [4.69, 9.17) is 11.6 Å². The lowest BCUT2D eigenvalue weighted by atomic mass is 9.91. The zero-order chi connectivity index (χ0) is 17.9. The zero-order valence-corrected chi connectivity index (χ0v) is 14.7. The lowest BCUT2D eigenvalue weighted by molar-refractivity contribution is -0.123. The molecule has 0 unspecified atom stereocenters. The average Bonchev–Trinajstić information content (AvgIpc) is 3.16. The number of hydrogen-bond donors (Lipinski definition) is 1. The number of nitrogens with zero attached hydrogens (tertiary/aromatic N) is 5. The van der Waals surface area contributed by atoms with Crippen molar-refractivity contribution < 1.29 is 4.79 Å². The summed E-state index contributed by atoms with van der Waals surface area (Å²) in [6, 6.07) is 7.36. The van der Waals surface area contributed by atoms with Gasteiger partial charge in [-0.1, -0.05) is 17.7 Å². The van der Waals surface area contributed by atoms with E-state index in [-0.39, 0.29) is 11.8 Å². The smallest absolute Gasteiger partial charge is 0.232 e. The number of nitrogens with one attached hydrogen (secondary N) is 1. The van der Waals surface area contributed by atoms with Gasteiger partial charge in [0.15, 0.2) is 5.82 Å². The third-order valence-electron chi connectivity index (χ3n) is 4.50. The van der Waals surface area contributed by atoms with Gasteiger partial charge in [-0.3, -0.25) is 14.7 Å². The number of hydrogen-bond acceptors (Lipinski definition) is 5. The SMILES string of the molecule is O=C1[C@@H](Cc2ccc(Cl)nc2)CCCN1c1nnc(-c2ccncc2)[nH]1. The van der Waals surface area contributed by atoms with Gasteiger partial charge in [-0.25, -0.2) is 4.98 Å². The van der Waals surface area contributed by atoms with Crippen LogP contribution in [0.3, 0.4) is 0 Å². The first-order valence-electron chi connectivity index (χ1n) is 8.45. The number of aromatic nitrogens is 5. The molecule has 1 atom stereocenters. The van der Waals surface area contributed by atoms with E-state index in [1.165, 1.54) is 0 Å². The summed E-state index contributed by atoms with van der Waals surface area (Å²) in [5.74, 6) is 1.07. The summed E-state index contributed by atoms with van der Waals surface area (Å²) in [6.45, 7) is 0.638. The predicted octanol–water partition coefficient (Wildman–Crippen LogP) is 2.90. The highest BCUT2D eigenvalue weighted by Gasteiger charge is 2.31. The molecule has 3 aromatic heterocycles. The number of halogens is 1. The largest absolute Gasteiger partial charge is 0.307 e. The minimum Gasteiger partial charge on any atom is -0.307 e. The number of anilines is 1. The molecule has 0 radical (unpaired) electrons. The van der Waals surface area contributed by atoms with Crippen LogP contribution in [-0.2, 0) is 11.2 Å². The molecule has 26 heavy (non-hydrogen) atoms. The van der Waals surface area contributed by atoms with E-state index in [0.29, 0.717) is 29.9 Å². The molecule has 0 aromatic carbocycles. The molecule has 1 aliphatic heterocycles. The van der Waals surface area contributed by atoms with E-state index in [2.05, 4.69) is 25.1 Å². The number of carbonyl (C=O) groups excluding carboxylic acids is 1. The highest BCUT2D eigenvalue weighted by atomic mass is 35.5. The minimum absolute atomic E-state index is 0.0589. The Morgan fingerprint density at radius 3 is 2.81 bits per heavy atom. The van der Waals surface area contributed by atoms with Crippen molar-refractivity contribution in [1.82, 2.24) is 25.1 Å². The van der Waals surface area contributed by atoms with Gasteiger partial charge in [-0.15, -0.1) is 10.2 Å². The fraction of sp³-hybridized carbons (Fsp3) is 0.278. The van der Waals surface area contributed by atoms with Gasteiger partial charge in [0.2, 0.25) is 11.9 Å². The number of amides is 1. The van der Waals surface area contributed by atoms with Crippen LogP contribution in [0.4, 0.5) is 5.95 Å². The van der Waals surface area contributed by atoms with Gasteiger partial charge in [0.05, 0.1) is 0 Å². The molecule has 1 fully saturated rings. The molecule has 1 amide bonds. The second-order valence-corrected chi connectivity index (χ2v) is 6.64. The fourth-order valence-corrected chi connectivity index (χ4v) is 3.29. The van der Waals surface area contributed by atoms with Gasteiger partial charge in [-0.05, 0) is 43.0 Å². The quantitative estimate of drug-likeness (QED) is 0.715. The molecule has 0 aliphatic carbocycles. The van der Waals surface area contributed by atoms with Crippen LogP contribution >= 0.6 is 11.6 Å². The molecule has 3 aromatic rings. The lowest BCUT2D eigenvalue weighted by Crippen LogP contribution is -2.42. The Morgan fingerprint density at radius 2 is 2.04 bits per heavy atom. The van der Waals surface area contributed by atoms with Crippen molar-refractivity contribution in [2.75, 3.05) is 11.4 Å². The Labute approximate surface area is 155 Å². The summed E-state index contributed by atoms with van der Waals surface area (Å²) in [5.41, 5.74) is 1.89. The first-order valence-corrected chi connectivity index (χ1v) is 8.83. The molecule has 0 saturated carbocycles. The van der Waals surface area contributed by atoms with Crippen molar-refractivity contribution in [2.24, 2.45) is 5.92 Å². The maximum atomic E-state index is 12.9. The Morgan fingerprint density at radius 1 is 1.19 bits per heavy atom. The van der Waals surface area contributed by atoms with Crippen LogP contribution in [0.5, 0.6) is 0 Å². The lowest BCUT2D eigenvalue weighted by Gasteiger charge is -2.30. The molecular weight excluding hydrogens is 352 g/mol. The van der Waals surface area contributed by atoms with Crippen LogP contribution in [0.15, 0.2) is 42.9 Å². The van der Waals surface area contributed by atoms with E-state index in [9.17, 15) is 4.79 Å². The number of piperidine rings is 1. The van der Waals surface area contributed by atoms with E-state index in [1.54, 1.807) is 29.6 Å². The topological polar surface area (TPSA) is 87.7 Å². The maximum Gasteiger partial charge on any atom is 0.232 e. The van der Waals surface area contributed by atoms with Crippen molar-refractivity contribution in [1.29, 1.82) is 0 Å². The molecule has 1 N–H and O–H groups in total. The Bertz CT molecular complexity index is 896. The van der Waals surface area contributed by atoms with Crippen LogP contribution in [-0.4, -0.2) is 37.6 Å². The fourth-order valence-electron chi connectivity index (χ4n) is 3.18. The van der Waals surface area contributed by atoms with Gasteiger partial charge in [0.25, 0.3) is 0 Å². The standard InChI is InChI=1S/C18H17ClN6O/c19-15-4-3-12(11-21-15)10-14-2-1-9-25(17(14)26)18-22-16(23-24-18)13-5-7-20-8-6-13/h3-8,11,14H,1-2,9-10H2,(H,22,23,24)/t14-/m1/s1. The molecule has 4 heterocycles. The summed E-state index contributed by atoms with van der Waals surface area (Å²) in [5, 5.41) is 8.79. The summed E-state index contributed by atoms with van der Waals surface area (Å²) in [7, 11) is 0. The van der Waals surface area contributed by atoms with Crippen LogP contribution in [0.25, 0.3) is 11.4 Å². The summed E-state index contributed by atoms with van der Waals surface area (Å²) >= 11 is 5.83. The minimum atomic E-state index is -0.0961. The van der Waals surface area contributed by atoms with Gasteiger partial charge in [0.1, 0.15) is 5.15 Å². The van der Waals surface area contributed by atoms with Crippen LogP contribution in [0.1, 0.15) is 18.4 Å². The van der Waals surface area contributed by atoms with E-state index in [0.717, 1.165) is 24.0 Å². The van der Waals surface area contributed by atoms with Gasteiger partial charge in [-0.2, -0.15) is 0 Å². The van der Waals surface area contributed by atoms with E-state index >= 15 is 0 Å². The van der Waals surface area contributed by atoms with Gasteiger partial charge >= 0.3 is 0 Å². The molecule has 132 valence electrons. The van der Waals surface area contributed by atoms with Crippen molar-refractivity contribution in [2.45, 2.75) is 19.3 Å². The molecule has 8 heteroatoms. The van der Waals surface area contributed by atoms with Crippen molar-refractivity contribution in [3.05, 3.63) is 53.6 Å². The zero-order valence-electron chi connectivity index (χ0n) is 14.0. The van der Waals surface area contributed by atoms with Crippen LogP contribution in [0, 0.1) is 5.92 Å². The van der Waals surface area contributed by atoms with Gasteiger partial charge < -0.3 is 4.98 Å². The summed E-state index contributed by atoms with van der Waals surface area (Å²) in [4.78, 5) is 25.8. The second-order valence-electron chi connectivity index (χ2n) is 6.26. The van der Waals surface area contributed by atoms with Crippen LogP contribution < -0.4 is 4.90 Å². The van der Waals surface area contributed by atoms with Gasteiger partial charge in [0, 0.05) is 36.6 Å². The number of rotatable bonds is 4. The summed E-state index contributed by atoms with van der Waals surface area (Å²) in [6.07, 6.45) is 7.53. The highest BCUT2D eigenvalue weighted by molar-refractivity contribution is 6.29. The molecule has 1 aliphatic rings. The monoisotopic (exact) mass is 368 g/mol. The molecular formula is C18H17ClN6O. The number of H-pyrrole nitrogens is 1. The van der Waals surface area contributed by atoms with Crippen molar-refractivity contribution in [3.63, 3.8) is 0 Å². The average molecular weight is 369 g/mol. The number of pyridine rings is 2. The Kier molecular flexibility index (Phi) is 4.62. The van der Waals surface area contributed by atoms with E-state index < -0.39 is 0 Å². The molecule has 4 rings (SSSR count). The first-order chi connectivity index (χ1) is 12.7. The first kappa shape index (κ1) is 16.7. The maximum absolute atomic E-state index is 12.9.